The zero-order chi connectivity index (χ0) is 38.7. The zero-order valence-electron chi connectivity index (χ0n) is 34.5. The first-order valence-corrected chi connectivity index (χ1v) is 21.8. The number of carbonyl (C=O) groups is 3. The fourth-order valence-electron chi connectivity index (χ4n) is 5.67. The van der Waals surface area contributed by atoms with Crippen LogP contribution in [0.25, 0.3) is 0 Å². The summed E-state index contributed by atoms with van der Waals surface area (Å²) in [6, 6.07) is 0. The van der Waals surface area contributed by atoms with E-state index in [1.807, 2.05) is 0 Å². The van der Waals surface area contributed by atoms with Crippen LogP contribution in [0.15, 0.2) is 60.8 Å². The number of rotatable bonds is 38. The maximum absolute atomic E-state index is 12.6. The molecule has 53 heavy (non-hydrogen) atoms. The lowest BCUT2D eigenvalue weighted by Crippen LogP contribution is -2.30. The minimum absolute atomic E-state index is 0.102. The first-order valence-electron chi connectivity index (χ1n) is 21.8. The number of esters is 3. The van der Waals surface area contributed by atoms with Crippen LogP contribution in [0, 0.1) is 0 Å². The summed E-state index contributed by atoms with van der Waals surface area (Å²) >= 11 is 0. The van der Waals surface area contributed by atoms with Crippen molar-refractivity contribution in [3.8, 4) is 0 Å². The van der Waals surface area contributed by atoms with Crippen molar-refractivity contribution in [1.29, 1.82) is 0 Å². The van der Waals surface area contributed by atoms with Gasteiger partial charge in [-0.2, -0.15) is 0 Å². The largest absolute Gasteiger partial charge is 0.462 e. The van der Waals surface area contributed by atoms with E-state index in [1.165, 1.54) is 89.9 Å². The summed E-state index contributed by atoms with van der Waals surface area (Å²) in [5, 5.41) is 0. The molecule has 0 amide bonds. The first-order chi connectivity index (χ1) is 26.0. The molecule has 0 aromatic rings. The van der Waals surface area contributed by atoms with Gasteiger partial charge in [-0.25, -0.2) is 0 Å². The second-order valence-corrected chi connectivity index (χ2v) is 14.3. The molecule has 0 aliphatic heterocycles. The van der Waals surface area contributed by atoms with Crippen molar-refractivity contribution in [2.45, 2.75) is 207 Å². The highest BCUT2D eigenvalue weighted by atomic mass is 16.6. The van der Waals surface area contributed by atoms with Gasteiger partial charge in [0, 0.05) is 19.3 Å². The fourth-order valence-corrected chi connectivity index (χ4v) is 5.67. The lowest BCUT2D eigenvalue weighted by Gasteiger charge is -2.18. The van der Waals surface area contributed by atoms with Gasteiger partial charge < -0.3 is 14.2 Å². The van der Waals surface area contributed by atoms with Gasteiger partial charge in [0.05, 0.1) is 0 Å². The quantitative estimate of drug-likeness (QED) is 0.0271. The topological polar surface area (TPSA) is 78.9 Å². The van der Waals surface area contributed by atoms with Crippen molar-refractivity contribution in [3.63, 3.8) is 0 Å². The summed E-state index contributed by atoms with van der Waals surface area (Å²) in [5.41, 5.74) is 0. The van der Waals surface area contributed by atoms with Gasteiger partial charge in [0.2, 0.25) is 0 Å². The zero-order valence-corrected chi connectivity index (χ0v) is 34.5. The lowest BCUT2D eigenvalue weighted by molar-refractivity contribution is -0.167. The normalized spacial score (nSPS) is 12.6. The monoisotopic (exact) mass is 741 g/mol. The van der Waals surface area contributed by atoms with Gasteiger partial charge in [-0.15, -0.1) is 0 Å². The Hall–Kier alpha value is -2.89. The minimum Gasteiger partial charge on any atom is -0.462 e. The third kappa shape index (κ3) is 40.1. The van der Waals surface area contributed by atoms with E-state index in [4.69, 9.17) is 14.2 Å². The standard InChI is InChI=1S/C47H80O6/c1-4-7-10-13-16-19-20-21-22-23-24-25-26-29-31-34-37-40-46(49)52-43-44(53-47(50)41-38-35-32-28-18-15-12-9-6-3)42-51-45(48)39-36-33-30-27-17-14-11-8-5-2/h16,19,21-22,24-25,28-29,31-32,44H,4-15,17-18,20,23,26-27,30,33-43H2,1-3H3/b19-16-,22-21-,25-24-,31-29-,32-28-. The molecule has 1 atom stereocenters. The molecule has 1 unspecified atom stereocenters. The number of unbranched alkanes of at least 4 members (excludes halogenated alkanes) is 17. The van der Waals surface area contributed by atoms with Crippen LogP contribution in [-0.2, 0) is 28.6 Å². The van der Waals surface area contributed by atoms with Crippen LogP contribution in [0.5, 0.6) is 0 Å². The molecular weight excluding hydrogens is 661 g/mol. The summed E-state index contributed by atoms with van der Waals surface area (Å²) in [4.78, 5) is 37.5. The molecule has 0 radical (unpaired) electrons. The van der Waals surface area contributed by atoms with Gasteiger partial charge >= 0.3 is 17.9 Å². The first kappa shape index (κ1) is 50.1. The van der Waals surface area contributed by atoms with E-state index in [1.54, 1.807) is 0 Å². The minimum atomic E-state index is -0.804. The molecule has 0 aromatic carbocycles. The predicted molar refractivity (Wildman–Crippen MR) is 224 cm³/mol. The second-order valence-electron chi connectivity index (χ2n) is 14.3. The van der Waals surface area contributed by atoms with Crippen molar-refractivity contribution < 1.29 is 28.6 Å². The summed E-state index contributed by atoms with van der Waals surface area (Å²) in [7, 11) is 0. The summed E-state index contributed by atoms with van der Waals surface area (Å²) in [6.45, 7) is 6.46. The maximum Gasteiger partial charge on any atom is 0.306 e. The Morgan fingerprint density at radius 2 is 0.698 bits per heavy atom. The van der Waals surface area contributed by atoms with E-state index < -0.39 is 6.10 Å². The third-order valence-electron chi connectivity index (χ3n) is 8.99. The Morgan fingerprint density at radius 1 is 0.377 bits per heavy atom. The van der Waals surface area contributed by atoms with Crippen LogP contribution >= 0.6 is 0 Å². The van der Waals surface area contributed by atoms with Gasteiger partial charge in [0.1, 0.15) is 13.2 Å². The van der Waals surface area contributed by atoms with Gasteiger partial charge in [-0.3, -0.25) is 14.4 Å². The molecule has 0 fully saturated rings. The van der Waals surface area contributed by atoms with Crippen LogP contribution in [0.3, 0.4) is 0 Å². The lowest BCUT2D eigenvalue weighted by atomic mass is 10.1. The number of hydrogen-bond donors (Lipinski definition) is 0. The van der Waals surface area contributed by atoms with Crippen molar-refractivity contribution in [2.24, 2.45) is 0 Å². The molecule has 304 valence electrons. The van der Waals surface area contributed by atoms with Crippen LogP contribution in [0.4, 0.5) is 0 Å². The van der Waals surface area contributed by atoms with Crippen molar-refractivity contribution in [2.75, 3.05) is 13.2 Å². The number of ether oxygens (including phenoxy) is 3. The molecule has 0 saturated carbocycles. The van der Waals surface area contributed by atoms with Crippen LogP contribution in [0.1, 0.15) is 201 Å². The Labute approximate surface area is 326 Å². The summed E-state index contributed by atoms with van der Waals surface area (Å²) < 4.78 is 16.5. The Morgan fingerprint density at radius 3 is 1.19 bits per heavy atom. The highest BCUT2D eigenvalue weighted by Crippen LogP contribution is 2.12. The van der Waals surface area contributed by atoms with Crippen LogP contribution in [0.2, 0.25) is 0 Å². The van der Waals surface area contributed by atoms with Gasteiger partial charge in [-0.1, -0.05) is 165 Å². The van der Waals surface area contributed by atoms with E-state index in [0.29, 0.717) is 19.3 Å². The summed E-state index contributed by atoms with van der Waals surface area (Å²) in [6.07, 6.45) is 49.3. The van der Waals surface area contributed by atoms with Crippen molar-refractivity contribution >= 4 is 17.9 Å². The molecule has 0 bridgehead atoms. The van der Waals surface area contributed by atoms with Gasteiger partial charge in [0.25, 0.3) is 0 Å². The molecule has 0 spiro atoms. The Kier molecular flexibility index (Phi) is 39.6. The number of allylic oxidation sites excluding steroid dienone is 10. The van der Waals surface area contributed by atoms with E-state index in [-0.39, 0.29) is 44.0 Å². The molecule has 0 aromatic heterocycles. The smallest absolute Gasteiger partial charge is 0.306 e. The third-order valence-corrected chi connectivity index (χ3v) is 8.99. The van der Waals surface area contributed by atoms with E-state index in [0.717, 1.165) is 57.8 Å². The molecule has 0 N–H and O–H groups in total. The Balaban J connectivity index is 4.44. The molecule has 0 aliphatic rings. The molecule has 0 saturated heterocycles. The SMILES string of the molecule is CCCCC/C=C\C/C=C\C/C=C\C/C=C\CCCC(=O)OCC(COC(=O)CCCCCCCCCCC)OC(=O)CCC/C=C\CCCCCC. The average Bonchev–Trinajstić information content (AvgIpc) is 3.15. The van der Waals surface area contributed by atoms with Crippen molar-refractivity contribution in [1.82, 2.24) is 0 Å². The molecule has 0 aliphatic carbocycles. The van der Waals surface area contributed by atoms with E-state index >= 15 is 0 Å². The summed E-state index contributed by atoms with van der Waals surface area (Å²) in [5.74, 6) is -1.01. The van der Waals surface area contributed by atoms with Gasteiger partial charge in [-0.05, 0) is 77.0 Å². The van der Waals surface area contributed by atoms with Gasteiger partial charge in [0.15, 0.2) is 6.10 Å². The number of hydrogen-bond acceptors (Lipinski definition) is 6. The van der Waals surface area contributed by atoms with E-state index in [2.05, 4.69) is 81.5 Å². The maximum atomic E-state index is 12.6. The molecule has 6 nitrogen and oxygen atoms in total. The van der Waals surface area contributed by atoms with Crippen LogP contribution < -0.4 is 0 Å². The average molecular weight is 741 g/mol. The molecule has 0 rings (SSSR count). The number of carbonyl (C=O) groups excluding carboxylic acids is 3. The van der Waals surface area contributed by atoms with Crippen molar-refractivity contribution in [3.05, 3.63) is 60.8 Å². The fraction of sp³-hybridized carbons (Fsp3) is 0.723. The van der Waals surface area contributed by atoms with Crippen LogP contribution in [-0.4, -0.2) is 37.2 Å². The highest BCUT2D eigenvalue weighted by Gasteiger charge is 2.19. The molecule has 0 heterocycles. The second kappa shape index (κ2) is 41.9. The van der Waals surface area contributed by atoms with E-state index in [9.17, 15) is 14.4 Å². The highest BCUT2D eigenvalue weighted by molar-refractivity contribution is 5.71. The Bertz CT molecular complexity index is 991. The molecular formula is C47H80O6. The predicted octanol–water partition coefficient (Wildman–Crippen LogP) is 13.7. The molecule has 6 heteroatoms.